The van der Waals surface area contributed by atoms with Crippen LogP contribution in [0.4, 0.5) is 4.39 Å². The first-order chi connectivity index (χ1) is 8.67. The Kier molecular flexibility index (Phi) is 6.86. The summed E-state index contributed by atoms with van der Waals surface area (Å²) in [5, 5.41) is 3.19. The molecule has 0 saturated heterocycles. The highest BCUT2D eigenvalue weighted by Crippen LogP contribution is 2.12. The van der Waals surface area contributed by atoms with Crippen molar-refractivity contribution in [1.29, 1.82) is 0 Å². The van der Waals surface area contributed by atoms with Gasteiger partial charge in [-0.25, -0.2) is 4.39 Å². The lowest BCUT2D eigenvalue weighted by molar-refractivity contribution is 0.0597. The molecule has 3 nitrogen and oxygen atoms in total. The number of hydrogen-bond donors (Lipinski definition) is 1. The zero-order chi connectivity index (χ0) is 13.4. The molecule has 1 aromatic carbocycles. The van der Waals surface area contributed by atoms with Crippen LogP contribution in [-0.4, -0.2) is 40.0 Å². The van der Waals surface area contributed by atoms with E-state index in [1.54, 1.807) is 13.2 Å². The maximum atomic E-state index is 13.2. The molecular weight excluding hydrogens is 233 g/mol. The summed E-state index contributed by atoms with van der Waals surface area (Å²) in [4.78, 5) is 0. The monoisotopic (exact) mass is 255 g/mol. The van der Waals surface area contributed by atoms with Crippen molar-refractivity contribution in [2.75, 3.05) is 34.0 Å². The van der Waals surface area contributed by atoms with E-state index in [1.807, 2.05) is 20.0 Å². The van der Waals surface area contributed by atoms with Crippen LogP contribution in [0.25, 0.3) is 0 Å². The number of rotatable bonds is 8. The van der Waals surface area contributed by atoms with Crippen LogP contribution in [0.2, 0.25) is 0 Å². The first kappa shape index (κ1) is 15.1. The molecular formula is C14H22FNO2. The SMILES string of the molecule is CNC(COCCOC)Cc1cc(F)ccc1C. The highest BCUT2D eigenvalue weighted by atomic mass is 19.1. The lowest BCUT2D eigenvalue weighted by Crippen LogP contribution is -2.33. The third-order valence-corrected chi connectivity index (χ3v) is 2.94. The lowest BCUT2D eigenvalue weighted by Gasteiger charge is -2.17. The molecule has 4 heteroatoms. The molecule has 0 heterocycles. The van der Waals surface area contributed by atoms with Gasteiger partial charge in [-0.1, -0.05) is 6.07 Å². The van der Waals surface area contributed by atoms with Gasteiger partial charge in [-0.05, 0) is 43.7 Å². The summed E-state index contributed by atoms with van der Waals surface area (Å²) in [6.45, 7) is 3.76. The molecule has 102 valence electrons. The number of ether oxygens (including phenoxy) is 2. The van der Waals surface area contributed by atoms with Gasteiger partial charge in [0.2, 0.25) is 0 Å². The molecule has 1 N–H and O–H groups in total. The molecule has 0 spiro atoms. The molecule has 0 aliphatic carbocycles. The van der Waals surface area contributed by atoms with Crippen molar-refractivity contribution < 1.29 is 13.9 Å². The minimum absolute atomic E-state index is 0.183. The minimum Gasteiger partial charge on any atom is -0.382 e. The molecule has 0 radical (unpaired) electrons. The number of likely N-dealkylation sites (N-methyl/N-ethyl adjacent to an activating group) is 1. The third-order valence-electron chi connectivity index (χ3n) is 2.94. The van der Waals surface area contributed by atoms with E-state index in [-0.39, 0.29) is 11.9 Å². The summed E-state index contributed by atoms with van der Waals surface area (Å²) in [5.74, 6) is -0.189. The van der Waals surface area contributed by atoms with Gasteiger partial charge in [0.15, 0.2) is 0 Å². The molecule has 0 saturated carbocycles. The molecule has 1 rings (SSSR count). The van der Waals surface area contributed by atoms with Crippen LogP contribution >= 0.6 is 0 Å². The van der Waals surface area contributed by atoms with Crippen LogP contribution in [0.1, 0.15) is 11.1 Å². The number of nitrogens with one attached hydrogen (secondary N) is 1. The number of methoxy groups -OCH3 is 1. The summed E-state index contributed by atoms with van der Waals surface area (Å²) in [7, 11) is 3.54. The fourth-order valence-corrected chi connectivity index (χ4v) is 1.74. The largest absolute Gasteiger partial charge is 0.382 e. The van der Waals surface area contributed by atoms with Crippen molar-refractivity contribution in [3.05, 3.63) is 35.1 Å². The van der Waals surface area contributed by atoms with Gasteiger partial charge in [0.25, 0.3) is 0 Å². The van der Waals surface area contributed by atoms with E-state index in [9.17, 15) is 4.39 Å². The molecule has 0 bridgehead atoms. The normalized spacial score (nSPS) is 12.7. The Hall–Kier alpha value is -0.970. The zero-order valence-electron chi connectivity index (χ0n) is 11.3. The third kappa shape index (κ3) is 5.12. The van der Waals surface area contributed by atoms with Crippen molar-refractivity contribution in [3.63, 3.8) is 0 Å². The van der Waals surface area contributed by atoms with Crippen LogP contribution in [0.3, 0.4) is 0 Å². The quantitative estimate of drug-likeness (QED) is 0.720. The maximum absolute atomic E-state index is 13.2. The summed E-state index contributed by atoms with van der Waals surface area (Å²) in [6.07, 6.45) is 0.757. The number of hydrogen-bond acceptors (Lipinski definition) is 3. The highest BCUT2D eigenvalue weighted by Gasteiger charge is 2.10. The Morgan fingerprint density at radius 1 is 1.33 bits per heavy atom. The van der Waals surface area contributed by atoms with Crippen molar-refractivity contribution in [2.24, 2.45) is 0 Å². The van der Waals surface area contributed by atoms with Crippen molar-refractivity contribution in [1.82, 2.24) is 5.32 Å². The van der Waals surface area contributed by atoms with Gasteiger partial charge in [0.1, 0.15) is 5.82 Å². The van der Waals surface area contributed by atoms with E-state index in [0.717, 1.165) is 17.5 Å². The second kappa shape index (κ2) is 8.19. The Morgan fingerprint density at radius 2 is 2.11 bits per heavy atom. The van der Waals surface area contributed by atoms with Gasteiger partial charge in [0.05, 0.1) is 19.8 Å². The average molecular weight is 255 g/mol. The molecule has 1 unspecified atom stereocenters. The molecule has 0 aliphatic heterocycles. The lowest BCUT2D eigenvalue weighted by atomic mass is 10.0. The maximum Gasteiger partial charge on any atom is 0.123 e. The second-order valence-corrected chi connectivity index (χ2v) is 4.33. The van der Waals surface area contributed by atoms with Gasteiger partial charge in [-0.3, -0.25) is 0 Å². The predicted molar refractivity (Wildman–Crippen MR) is 70.4 cm³/mol. The van der Waals surface area contributed by atoms with Crippen molar-refractivity contribution in [2.45, 2.75) is 19.4 Å². The van der Waals surface area contributed by atoms with Gasteiger partial charge in [-0.15, -0.1) is 0 Å². The number of halogens is 1. The summed E-state index contributed by atoms with van der Waals surface area (Å²) < 4.78 is 23.6. The molecule has 18 heavy (non-hydrogen) atoms. The smallest absolute Gasteiger partial charge is 0.123 e. The van der Waals surface area contributed by atoms with Gasteiger partial charge in [0, 0.05) is 13.2 Å². The van der Waals surface area contributed by atoms with Gasteiger partial charge in [-0.2, -0.15) is 0 Å². The topological polar surface area (TPSA) is 30.5 Å². The minimum atomic E-state index is -0.189. The summed E-state index contributed by atoms with van der Waals surface area (Å²) in [5.41, 5.74) is 2.12. The predicted octanol–water partition coefficient (Wildman–Crippen LogP) is 1.93. The summed E-state index contributed by atoms with van der Waals surface area (Å²) in [6, 6.07) is 5.07. The van der Waals surface area contributed by atoms with Crippen molar-refractivity contribution in [3.8, 4) is 0 Å². The van der Waals surface area contributed by atoms with E-state index in [1.165, 1.54) is 6.07 Å². The van der Waals surface area contributed by atoms with Crippen molar-refractivity contribution >= 4 is 0 Å². The van der Waals surface area contributed by atoms with Crippen LogP contribution < -0.4 is 5.32 Å². The van der Waals surface area contributed by atoms with Gasteiger partial charge >= 0.3 is 0 Å². The Morgan fingerprint density at radius 3 is 2.78 bits per heavy atom. The molecule has 1 atom stereocenters. The van der Waals surface area contributed by atoms with Crippen LogP contribution in [0.5, 0.6) is 0 Å². The first-order valence-corrected chi connectivity index (χ1v) is 6.16. The van der Waals surface area contributed by atoms with E-state index < -0.39 is 0 Å². The molecule has 0 fully saturated rings. The Bertz CT molecular complexity index is 358. The second-order valence-electron chi connectivity index (χ2n) is 4.33. The Labute approximate surface area is 108 Å². The highest BCUT2D eigenvalue weighted by molar-refractivity contribution is 5.27. The summed E-state index contributed by atoms with van der Waals surface area (Å²) >= 11 is 0. The number of benzene rings is 1. The molecule has 0 amide bonds. The average Bonchev–Trinajstić information content (AvgIpc) is 2.37. The van der Waals surface area contributed by atoms with Gasteiger partial charge < -0.3 is 14.8 Å². The Balaban J connectivity index is 2.48. The van der Waals surface area contributed by atoms with Crippen LogP contribution in [-0.2, 0) is 15.9 Å². The molecule has 0 aliphatic rings. The first-order valence-electron chi connectivity index (χ1n) is 6.16. The van der Waals surface area contributed by atoms with E-state index in [0.29, 0.717) is 19.8 Å². The molecule has 1 aromatic rings. The molecule has 0 aromatic heterocycles. The van der Waals surface area contributed by atoms with Crippen LogP contribution in [0, 0.1) is 12.7 Å². The standard InChI is InChI=1S/C14H22FNO2/c1-11-4-5-13(15)8-12(11)9-14(16-2)10-18-7-6-17-3/h4-5,8,14,16H,6-7,9-10H2,1-3H3. The number of aryl methyl sites for hydroxylation is 1. The van der Waals surface area contributed by atoms with Crippen LogP contribution in [0.15, 0.2) is 18.2 Å². The fraction of sp³-hybridized carbons (Fsp3) is 0.571. The zero-order valence-corrected chi connectivity index (χ0v) is 11.3. The fourth-order valence-electron chi connectivity index (χ4n) is 1.74. The van der Waals surface area contributed by atoms with E-state index in [4.69, 9.17) is 9.47 Å². The van der Waals surface area contributed by atoms with E-state index in [2.05, 4.69) is 5.32 Å². The van der Waals surface area contributed by atoms with E-state index >= 15 is 0 Å².